The number of rotatable bonds is 40. The van der Waals surface area contributed by atoms with Gasteiger partial charge < -0.3 is 14.6 Å². The van der Waals surface area contributed by atoms with Gasteiger partial charge in [0.15, 0.2) is 6.10 Å². The van der Waals surface area contributed by atoms with Crippen molar-refractivity contribution in [3.63, 3.8) is 0 Å². The second-order valence-corrected chi connectivity index (χ2v) is 14.7. The molecule has 0 aromatic heterocycles. The molecule has 0 radical (unpaired) electrons. The molecule has 1 N–H and O–H groups in total. The van der Waals surface area contributed by atoms with Crippen LogP contribution in [0.4, 0.5) is 0 Å². The predicted octanol–water partition coefficient (Wildman–Crippen LogP) is 15.2. The molecule has 58 heavy (non-hydrogen) atoms. The maximum atomic E-state index is 12.2. The van der Waals surface area contributed by atoms with Gasteiger partial charge in [0.25, 0.3) is 0 Å². The van der Waals surface area contributed by atoms with Crippen LogP contribution in [0.2, 0.25) is 0 Å². The predicted molar refractivity (Wildman–Crippen MR) is 251 cm³/mol. The summed E-state index contributed by atoms with van der Waals surface area (Å²) in [5.74, 6) is -0.643. The minimum atomic E-state index is -0.795. The Hall–Kier alpha value is -3.70. The van der Waals surface area contributed by atoms with Crippen molar-refractivity contribution in [1.82, 2.24) is 0 Å². The molecule has 5 heteroatoms. The second kappa shape index (κ2) is 47.7. The van der Waals surface area contributed by atoms with E-state index in [1.54, 1.807) is 0 Å². The molecule has 1 atom stereocenters. The zero-order valence-electron chi connectivity index (χ0n) is 37.0. The van der Waals surface area contributed by atoms with Crippen molar-refractivity contribution in [3.05, 3.63) is 122 Å². The van der Waals surface area contributed by atoms with Crippen molar-refractivity contribution in [2.45, 2.75) is 187 Å². The summed E-state index contributed by atoms with van der Waals surface area (Å²) >= 11 is 0. The minimum Gasteiger partial charge on any atom is -0.462 e. The quantitative estimate of drug-likeness (QED) is 0.0380. The first-order valence-electron chi connectivity index (χ1n) is 23.1. The zero-order valence-corrected chi connectivity index (χ0v) is 37.0. The van der Waals surface area contributed by atoms with E-state index in [0.29, 0.717) is 12.8 Å². The van der Waals surface area contributed by atoms with E-state index in [-0.39, 0.29) is 25.2 Å². The van der Waals surface area contributed by atoms with Crippen molar-refractivity contribution in [1.29, 1.82) is 0 Å². The highest BCUT2D eigenvalue weighted by Gasteiger charge is 2.16. The molecule has 0 fully saturated rings. The van der Waals surface area contributed by atoms with Gasteiger partial charge in [0.2, 0.25) is 0 Å². The van der Waals surface area contributed by atoms with E-state index >= 15 is 0 Å². The van der Waals surface area contributed by atoms with Gasteiger partial charge in [-0.25, -0.2) is 0 Å². The van der Waals surface area contributed by atoms with Crippen molar-refractivity contribution < 1.29 is 24.2 Å². The van der Waals surface area contributed by atoms with E-state index in [4.69, 9.17) is 9.47 Å². The molecule has 0 aliphatic carbocycles. The molecule has 0 saturated heterocycles. The third kappa shape index (κ3) is 45.0. The van der Waals surface area contributed by atoms with Gasteiger partial charge in [-0.3, -0.25) is 9.59 Å². The van der Waals surface area contributed by atoms with Gasteiger partial charge in [0, 0.05) is 12.8 Å². The molecule has 0 bridgehead atoms. The van der Waals surface area contributed by atoms with Gasteiger partial charge in [-0.2, -0.15) is 0 Å². The SMILES string of the molecule is CC/C=C\C/C=C\C/C=C\C/C=C\C/C=C\C/C=C\C/C=C\CCCCCCCCCCCC(=O)OC(CO)COC(=O)CCCCC/C=C\C/C=C\C/C=C\CC. The lowest BCUT2D eigenvalue weighted by molar-refractivity contribution is -0.161. The van der Waals surface area contributed by atoms with Gasteiger partial charge in [-0.15, -0.1) is 0 Å². The maximum Gasteiger partial charge on any atom is 0.306 e. The van der Waals surface area contributed by atoms with Crippen LogP contribution in [-0.4, -0.2) is 36.4 Å². The van der Waals surface area contributed by atoms with Crippen LogP contribution in [0, 0.1) is 0 Å². The summed E-state index contributed by atoms with van der Waals surface area (Å²) in [7, 11) is 0. The molecule has 326 valence electrons. The molecule has 0 rings (SSSR count). The van der Waals surface area contributed by atoms with Crippen molar-refractivity contribution >= 4 is 11.9 Å². The normalized spacial score (nSPS) is 13.4. The summed E-state index contributed by atoms with van der Waals surface area (Å²) in [4.78, 5) is 24.3. The number of allylic oxidation sites excluding steroid dienone is 20. The number of hydrogen-bond donors (Lipinski definition) is 1. The Balaban J connectivity index is 3.62. The average molecular weight is 801 g/mol. The Morgan fingerprint density at radius 3 is 1.05 bits per heavy atom. The number of ether oxygens (including phenoxy) is 2. The zero-order chi connectivity index (χ0) is 42.1. The molecule has 5 nitrogen and oxygen atoms in total. The summed E-state index contributed by atoms with van der Waals surface area (Å²) in [5, 5.41) is 9.58. The Morgan fingerprint density at radius 1 is 0.397 bits per heavy atom. The van der Waals surface area contributed by atoms with E-state index in [2.05, 4.69) is 135 Å². The highest BCUT2D eigenvalue weighted by molar-refractivity contribution is 5.70. The van der Waals surface area contributed by atoms with Gasteiger partial charge in [-0.05, 0) is 103 Å². The van der Waals surface area contributed by atoms with Crippen molar-refractivity contribution in [3.8, 4) is 0 Å². The highest BCUT2D eigenvalue weighted by Crippen LogP contribution is 2.13. The minimum absolute atomic E-state index is 0.0911. The average Bonchev–Trinajstić information content (AvgIpc) is 3.23. The standard InChI is InChI=1S/C53H84O5/c1-3-5-7-9-11-13-15-17-18-19-20-21-22-23-24-25-26-27-28-29-30-31-32-33-34-36-38-40-42-44-46-48-53(56)58-51(49-54)50-57-52(55)47-45-43-41-39-37-35-16-14-12-10-8-6-4-2/h5-8,11-14,17-18,20-21,23-24,26-27,29-30,35,37,51,54H,3-4,9-10,15-16,19,22,25,28,31-34,36,38-50H2,1-2H3/b7-5-,8-6-,13-11-,14-12-,18-17-,21-20-,24-23-,27-26-,30-29-,37-35-. The third-order valence-corrected chi connectivity index (χ3v) is 9.25. The molecule has 1 unspecified atom stereocenters. The van der Waals surface area contributed by atoms with E-state index in [1.807, 2.05) is 0 Å². The lowest BCUT2D eigenvalue weighted by atomic mass is 10.1. The molecule has 0 spiro atoms. The largest absolute Gasteiger partial charge is 0.462 e. The molecule has 0 amide bonds. The summed E-state index contributed by atoms with van der Waals surface area (Å²) in [6.07, 6.45) is 70.0. The number of carbonyl (C=O) groups excluding carboxylic acids is 2. The molecule has 0 heterocycles. The van der Waals surface area contributed by atoms with Crippen LogP contribution in [-0.2, 0) is 19.1 Å². The Bertz CT molecular complexity index is 1220. The van der Waals surface area contributed by atoms with Crippen LogP contribution in [0.25, 0.3) is 0 Å². The molecular formula is C53H84O5. The number of unbranched alkanes of at least 4 members (excludes halogenated alkanes) is 12. The van der Waals surface area contributed by atoms with E-state index in [9.17, 15) is 14.7 Å². The van der Waals surface area contributed by atoms with Crippen LogP contribution in [0.5, 0.6) is 0 Å². The van der Waals surface area contributed by atoms with Crippen molar-refractivity contribution in [2.24, 2.45) is 0 Å². The topological polar surface area (TPSA) is 72.8 Å². The molecular weight excluding hydrogens is 717 g/mol. The number of aliphatic hydroxyl groups excluding tert-OH is 1. The lowest BCUT2D eigenvalue weighted by Gasteiger charge is -2.15. The fraction of sp³-hybridized carbons (Fsp3) is 0.585. The maximum absolute atomic E-state index is 12.2. The monoisotopic (exact) mass is 801 g/mol. The summed E-state index contributed by atoms with van der Waals surface area (Å²) in [6, 6.07) is 0. The first-order valence-corrected chi connectivity index (χ1v) is 23.1. The fourth-order valence-corrected chi connectivity index (χ4v) is 5.84. The Labute approximate surface area is 356 Å². The van der Waals surface area contributed by atoms with Crippen LogP contribution < -0.4 is 0 Å². The van der Waals surface area contributed by atoms with E-state index in [1.165, 1.54) is 38.5 Å². The Morgan fingerprint density at radius 2 is 0.690 bits per heavy atom. The summed E-state index contributed by atoms with van der Waals surface area (Å²) in [5.41, 5.74) is 0. The van der Waals surface area contributed by atoms with Gasteiger partial charge in [0.1, 0.15) is 6.61 Å². The number of esters is 2. The van der Waals surface area contributed by atoms with Gasteiger partial charge in [-0.1, -0.05) is 187 Å². The first-order chi connectivity index (χ1) is 28.6. The smallest absolute Gasteiger partial charge is 0.306 e. The van der Waals surface area contributed by atoms with Crippen molar-refractivity contribution in [2.75, 3.05) is 13.2 Å². The molecule has 0 saturated carbocycles. The molecule has 0 aliphatic heterocycles. The van der Waals surface area contributed by atoms with Gasteiger partial charge >= 0.3 is 11.9 Å². The molecule has 0 aromatic rings. The van der Waals surface area contributed by atoms with Gasteiger partial charge in [0.05, 0.1) is 6.61 Å². The Kier molecular flexibility index (Phi) is 44.6. The van der Waals surface area contributed by atoms with Crippen LogP contribution >= 0.6 is 0 Å². The lowest BCUT2D eigenvalue weighted by Crippen LogP contribution is -2.28. The van der Waals surface area contributed by atoms with Crippen LogP contribution in [0.3, 0.4) is 0 Å². The van der Waals surface area contributed by atoms with Crippen LogP contribution in [0.1, 0.15) is 181 Å². The third-order valence-electron chi connectivity index (χ3n) is 9.25. The molecule has 0 aromatic carbocycles. The first kappa shape index (κ1) is 54.3. The van der Waals surface area contributed by atoms with E-state index < -0.39 is 6.10 Å². The number of carbonyl (C=O) groups is 2. The highest BCUT2D eigenvalue weighted by atomic mass is 16.6. The molecule has 0 aliphatic rings. The van der Waals surface area contributed by atoms with E-state index in [0.717, 1.165) is 116 Å². The number of aliphatic hydroxyl groups is 1. The summed E-state index contributed by atoms with van der Waals surface area (Å²) in [6.45, 7) is 3.86. The van der Waals surface area contributed by atoms with Crippen LogP contribution in [0.15, 0.2) is 122 Å². The summed E-state index contributed by atoms with van der Waals surface area (Å²) < 4.78 is 10.6. The number of hydrogen-bond acceptors (Lipinski definition) is 5. The second-order valence-electron chi connectivity index (χ2n) is 14.7. The fourth-order valence-electron chi connectivity index (χ4n) is 5.84.